The Hall–Kier alpha value is -0.380. The summed E-state index contributed by atoms with van der Waals surface area (Å²) in [6.45, 7) is -0.0372. The quantitative estimate of drug-likeness (QED) is 0.280. The van der Waals surface area contributed by atoms with Crippen molar-refractivity contribution in [2.75, 3.05) is 27.8 Å². The molecule has 19 heavy (non-hydrogen) atoms. The van der Waals surface area contributed by atoms with E-state index in [9.17, 15) is 4.79 Å². The van der Waals surface area contributed by atoms with E-state index in [2.05, 4.69) is 38.5 Å². The lowest BCUT2D eigenvalue weighted by Gasteiger charge is -2.14. The third-order valence-corrected chi connectivity index (χ3v) is 3.40. The number of ether oxygens (including phenoxy) is 4. The summed E-state index contributed by atoms with van der Waals surface area (Å²) < 4.78 is 21.5. The van der Waals surface area contributed by atoms with E-state index in [1.54, 1.807) is 6.07 Å². The van der Waals surface area contributed by atoms with Gasteiger partial charge in [-0.1, -0.05) is 38.5 Å². The number of benzene rings is 1. The Kier molecular flexibility index (Phi) is 7.66. The highest BCUT2D eigenvalue weighted by molar-refractivity contribution is 14.1. The molecule has 0 aromatic heterocycles. The lowest BCUT2D eigenvalue weighted by Crippen LogP contribution is -2.12. The predicted octanol–water partition coefficient (Wildman–Crippen LogP) is 3.13. The van der Waals surface area contributed by atoms with Crippen LogP contribution in [0.1, 0.15) is 15.9 Å². The first-order valence-corrected chi connectivity index (χ1v) is 7.62. The Morgan fingerprint density at radius 3 is 2.53 bits per heavy atom. The highest BCUT2D eigenvalue weighted by Crippen LogP contribution is 2.31. The van der Waals surface area contributed by atoms with Crippen molar-refractivity contribution in [3.05, 3.63) is 27.7 Å². The first kappa shape index (κ1) is 16.7. The molecule has 106 valence electrons. The number of esters is 1. The number of carbonyl (C=O) groups excluding carboxylic acids is 1. The molecule has 0 aliphatic rings. The van der Waals surface area contributed by atoms with Crippen LogP contribution in [0.2, 0.25) is 0 Å². The molecule has 0 spiro atoms. The van der Waals surface area contributed by atoms with Crippen molar-refractivity contribution in [3.8, 4) is 5.75 Å². The number of halogens is 2. The molecule has 0 amide bonds. The van der Waals surface area contributed by atoms with Gasteiger partial charge in [0.15, 0.2) is 13.6 Å². The second-order valence-electron chi connectivity index (χ2n) is 3.46. The summed E-state index contributed by atoms with van der Waals surface area (Å²) in [6, 6.07) is 3.54. The normalized spacial score (nSPS) is 10.3. The van der Waals surface area contributed by atoms with Crippen LogP contribution in [0, 0.1) is 0 Å². The second kappa shape index (κ2) is 8.72. The molecule has 0 saturated carbocycles. The summed E-state index contributed by atoms with van der Waals surface area (Å²) in [5.41, 5.74) is 1.23. The summed E-state index contributed by atoms with van der Waals surface area (Å²) in [5, 5.41) is 0. The lowest BCUT2D eigenvalue weighted by molar-refractivity contribution is -0.0132. The van der Waals surface area contributed by atoms with E-state index in [4.69, 9.17) is 18.9 Å². The van der Waals surface area contributed by atoms with Gasteiger partial charge in [0.25, 0.3) is 0 Å². The number of hydrogen-bond donors (Lipinski definition) is 0. The van der Waals surface area contributed by atoms with E-state index >= 15 is 0 Å². The number of hydrogen-bond acceptors (Lipinski definition) is 5. The van der Waals surface area contributed by atoms with Crippen LogP contribution < -0.4 is 4.74 Å². The molecule has 0 aliphatic heterocycles. The highest BCUT2D eigenvalue weighted by Gasteiger charge is 2.19. The van der Waals surface area contributed by atoms with E-state index in [-0.39, 0.29) is 13.6 Å². The molecule has 0 saturated heterocycles. The standard InChI is InChI=1S/C12H14BrIO5/c1-16-6-18-11-8(5-14)3-9(13)4-10(11)12(15)19-7-17-2/h3-4H,5-7H2,1-2H3. The maximum absolute atomic E-state index is 12.0. The number of carbonyl (C=O) groups is 1. The first-order valence-electron chi connectivity index (χ1n) is 5.30. The minimum absolute atomic E-state index is 0.0653. The largest absolute Gasteiger partial charge is 0.466 e. The minimum Gasteiger partial charge on any atom is -0.466 e. The molecule has 0 N–H and O–H groups in total. The fourth-order valence-corrected chi connectivity index (χ4v) is 2.45. The van der Waals surface area contributed by atoms with Gasteiger partial charge in [-0.3, -0.25) is 0 Å². The molecule has 0 atom stereocenters. The van der Waals surface area contributed by atoms with E-state index < -0.39 is 5.97 Å². The van der Waals surface area contributed by atoms with Crippen molar-refractivity contribution < 1.29 is 23.7 Å². The van der Waals surface area contributed by atoms with Crippen LogP contribution in [0.4, 0.5) is 0 Å². The third-order valence-electron chi connectivity index (χ3n) is 2.12. The van der Waals surface area contributed by atoms with Gasteiger partial charge >= 0.3 is 5.97 Å². The predicted molar refractivity (Wildman–Crippen MR) is 81.7 cm³/mol. The van der Waals surface area contributed by atoms with Crippen LogP contribution in [0.25, 0.3) is 0 Å². The third kappa shape index (κ3) is 4.90. The van der Waals surface area contributed by atoms with Crippen molar-refractivity contribution in [1.82, 2.24) is 0 Å². The van der Waals surface area contributed by atoms with Crippen LogP contribution in [0.15, 0.2) is 16.6 Å². The summed E-state index contributed by atoms with van der Waals surface area (Å²) in [6.07, 6.45) is 0. The molecule has 0 fully saturated rings. The van der Waals surface area contributed by atoms with Crippen LogP contribution >= 0.6 is 38.5 Å². The average molecular weight is 445 g/mol. The van der Waals surface area contributed by atoms with Gasteiger partial charge in [0.1, 0.15) is 11.3 Å². The molecule has 5 nitrogen and oxygen atoms in total. The summed E-state index contributed by atoms with van der Waals surface area (Å²) in [5.74, 6) is -0.0269. The van der Waals surface area contributed by atoms with Crippen molar-refractivity contribution in [2.45, 2.75) is 4.43 Å². The fraction of sp³-hybridized carbons (Fsp3) is 0.417. The zero-order valence-corrected chi connectivity index (χ0v) is 14.3. The zero-order valence-electron chi connectivity index (χ0n) is 10.6. The monoisotopic (exact) mass is 444 g/mol. The van der Waals surface area contributed by atoms with E-state index in [1.807, 2.05) is 6.07 Å². The number of rotatable bonds is 7. The molecule has 0 unspecified atom stereocenters. The van der Waals surface area contributed by atoms with Gasteiger partial charge in [-0.25, -0.2) is 4.79 Å². The van der Waals surface area contributed by atoms with Crippen molar-refractivity contribution >= 4 is 44.5 Å². The van der Waals surface area contributed by atoms with Crippen LogP contribution in [-0.2, 0) is 18.6 Å². The molecular formula is C12H14BrIO5. The summed E-state index contributed by atoms with van der Waals surface area (Å²) in [4.78, 5) is 12.0. The average Bonchev–Trinajstić information content (AvgIpc) is 2.42. The summed E-state index contributed by atoms with van der Waals surface area (Å²) in [7, 11) is 2.97. The second-order valence-corrected chi connectivity index (χ2v) is 5.14. The van der Waals surface area contributed by atoms with E-state index in [1.165, 1.54) is 14.2 Å². The van der Waals surface area contributed by atoms with Gasteiger partial charge in [-0.2, -0.15) is 0 Å². The Bertz CT molecular complexity index is 438. The molecule has 1 rings (SSSR count). The molecule has 1 aromatic carbocycles. The topological polar surface area (TPSA) is 54.0 Å². The SMILES string of the molecule is COCOC(=O)c1cc(Br)cc(CI)c1OCOC. The Balaban J connectivity index is 3.10. The first-order chi connectivity index (χ1) is 9.13. The molecule has 0 aliphatic carbocycles. The number of methoxy groups -OCH3 is 2. The minimum atomic E-state index is -0.500. The molecule has 0 radical (unpaired) electrons. The Morgan fingerprint density at radius 1 is 1.26 bits per heavy atom. The Labute approximate surface area is 133 Å². The Morgan fingerprint density at radius 2 is 1.95 bits per heavy atom. The van der Waals surface area contributed by atoms with Gasteiger partial charge in [0.05, 0.1) is 0 Å². The van der Waals surface area contributed by atoms with Gasteiger partial charge in [0, 0.05) is 28.7 Å². The smallest absolute Gasteiger partial charge is 0.344 e. The highest BCUT2D eigenvalue weighted by atomic mass is 127. The molecule has 0 bridgehead atoms. The lowest BCUT2D eigenvalue weighted by atomic mass is 10.1. The molecule has 1 aromatic rings. The van der Waals surface area contributed by atoms with Crippen LogP contribution in [-0.4, -0.2) is 33.8 Å². The van der Waals surface area contributed by atoms with E-state index in [0.717, 1.165) is 10.0 Å². The molecular weight excluding hydrogens is 431 g/mol. The van der Waals surface area contributed by atoms with Crippen molar-refractivity contribution in [2.24, 2.45) is 0 Å². The van der Waals surface area contributed by atoms with Crippen molar-refractivity contribution in [3.63, 3.8) is 0 Å². The fourth-order valence-electron chi connectivity index (χ4n) is 1.38. The van der Waals surface area contributed by atoms with Crippen LogP contribution in [0.3, 0.4) is 0 Å². The van der Waals surface area contributed by atoms with Gasteiger partial charge in [-0.05, 0) is 12.1 Å². The van der Waals surface area contributed by atoms with Gasteiger partial charge in [0.2, 0.25) is 0 Å². The number of alkyl halides is 1. The molecule has 0 heterocycles. The van der Waals surface area contributed by atoms with Gasteiger partial charge in [-0.15, -0.1) is 0 Å². The van der Waals surface area contributed by atoms with E-state index in [0.29, 0.717) is 15.7 Å². The summed E-state index contributed by atoms with van der Waals surface area (Å²) >= 11 is 5.56. The molecule has 7 heteroatoms. The van der Waals surface area contributed by atoms with Gasteiger partial charge < -0.3 is 18.9 Å². The maximum atomic E-state index is 12.0. The zero-order chi connectivity index (χ0) is 14.3. The van der Waals surface area contributed by atoms with Crippen molar-refractivity contribution in [1.29, 1.82) is 0 Å². The maximum Gasteiger partial charge on any atom is 0.344 e. The van der Waals surface area contributed by atoms with Crippen LogP contribution in [0.5, 0.6) is 5.75 Å².